The lowest BCUT2D eigenvalue weighted by molar-refractivity contribution is 0.597. The smallest absolute Gasteiger partial charge is 0.152 e. The molecule has 0 amide bonds. The van der Waals surface area contributed by atoms with Crippen LogP contribution in [0.15, 0.2) is 18.2 Å². The normalized spacial score (nSPS) is 19.9. The number of halogens is 1. The number of anilines is 2. The highest BCUT2D eigenvalue weighted by atomic mass is 32.2. The maximum atomic E-state index is 13.2. The summed E-state index contributed by atoms with van der Waals surface area (Å²) >= 11 is 0. The van der Waals surface area contributed by atoms with Crippen molar-refractivity contribution in [2.45, 2.75) is 6.42 Å². The Morgan fingerprint density at radius 3 is 2.76 bits per heavy atom. The summed E-state index contributed by atoms with van der Waals surface area (Å²) in [5.41, 5.74) is 6.84. The van der Waals surface area contributed by atoms with E-state index in [1.165, 1.54) is 18.2 Å². The monoisotopic (exact) mass is 258 g/mol. The Kier molecular flexibility index (Phi) is 3.24. The Morgan fingerprint density at radius 2 is 2.00 bits per heavy atom. The van der Waals surface area contributed by atoms with Crippen molar-refractivity contribution in [1.29, 1.82) is 0 Å². The Hall–Kier alpha value is -1.30. The molecule has 94 valence electrons. The van der Waals surface area contributed by atoms with Gasteiger partial charge >= 0.3 is 0 Å². The van der Waals surface area contributed by atoms with Gasteiger partial charge in [0.05, 0.1) is 22.9 Å². The molecule has 1 aliphatic heterocycles. The summed E-state index contributed by atoms with van der Waals surface area (Å²) < 4.78 is 36.1. The van der Waals surface area contributed by atoms with Crippen LogP contribution >= 0.6 is 0 Å². The van der Waals surface area contributed by atoms with Crippen molar-refractivity contribution in [1.82, 2.24) is 0 Å². The van der Waals surface area contributed by atoms with Crippen molar-refractivity contribution in [3.05, 3.63) is 24.0 Å². The average molecular weight is 258 g/mol. The van der Waals surface area contributed by atoms with Crippen molar-refractivity contribution in [2.75, 3.05) is 35.2 Å². The van der Waals surface area contributed by atoms with Gasteiger partial charge in [-0.1, -0.05) is 0 Å². The fourth-order valence-electron chi connectivity index (χ4n) is 1.97. The van der Waals surface area contributed by atoms with Crippen LogP contribution in [0.5, 0.6) is 0 Å². The fraction of sp³-hybridized carbons (Fsp3) is 0.455. The minimum atomic E-state index is -2.96. The minimum Gasteiger partial charge on any atom is -0.397 e. The number of hydrogen-bond donors (Lipinski definition) is 1. The molecule has 1 aromatic carbocycles. The molecule has 0 aromatic heterocycles. The van der Waals surface area contributed by atoms with Crippen LogP contribution in [-0.4, -0.2) is 33.0 Å². The van der Waals surface area contributed by atoms with E-state index in [4.69, 9.17) is 5.73 Å². The Morgan fingerprint density at radius 1 is 1.24 bits per heavy atom. The van der Waals surface area contributed by atoms with Crippen LogP contribution in [0.25, 0.3) is 0 Å². The molecule has 2 rings (SSSR count). The van der Waals surface area contributed by atoms with E-state index in [2.05, 4.69) is 0 Å². The molecule has 2 N–H and O–H groups in total. The Balaban J connectivity index is 2.25. The second-order valence-electron chi connectivity index (χ2n) is 4.20. The van der Waals surface area contributed by atoms with Gasteiger partial charge in [0.2, 0.25) is 0 Å². The van der Waals surface area contributed by atoms with Gasteiger partial charge in [-0.2, -0.15) is 0 Å². The van der Waals surface area contributed by atoms with Crippen molar-refractivity contribution in [2.24, 2.45) is 0 Å². The maximum Gasteiger partial charge on any atom is 0.152 e. The van der Waals surface area contributed by atoms with Crippen LogP contribution < -0.4 is 10.6 Å². The van der Waals surface area contributed by atoms with Gasteiger partial charge in [0.1, 0.15) is 5.82 Å². The summed E-state index contributed by atoms with van der Waals surface area (Å²) in [7, 11) is -2.96. The van der Waals surface area contributed by atoms with E-state index >= 15 is 0 Å². The van der Waals surface area contributed by atoms with E-state index < -0.39 is 9.84 Å². The molecule has 0 unspecified atom stereocenters. The van der Waals surface area contributed by atoms with Crippen molar-refractivity contribution < 1.29 is 12.8 Å². The molecule has 0 spiro atoms. The first-order valence-electron chi connectivity index (χ1n) is 5.48. The van der Waals surface area contributed by atoms with Gasteiger partial charge in [-0.15, -0.1) is 0 Å². The van der Waals surface area contributed by atoms with Crippen LogP contribution in [0.4, 0.5) is 15.8 Å². The topological polar surface area (TPSA) is 63.4 Å². The van der Waals surface area contributed by atoms with Gasteiger partial charge < -0.3 is 10.6 Å². The molecule has 1 fully saturated rings. The Labute approximate surface area is 100 Å². The molecule has 0 saturated carbocycles. The summed E-state index contributed by atoms with van der Waals surface area (Å²) in [5.74, 6) is -0.0666. The SMILES string of the molecule is Nc1ccc(F)cc1N1CCCS(=O)(=O)CC1. The average Bonchev–Trinajstić information content (AvgIpc) is 2.43. The van der Waals surface area contributed by atoms with Crippen LogP contribution in [0, 0.1) is 5.82 Å². The zero-order valence-corrected chi connectivity index (χ0v) is 10.2. The van der Waals surface area contributed by atoms with Crippen molar-refractivity contribution >= 4 is 21.2 Å². The van der Waals surface area contributed by atoms with E-state index in [-0.39, 0.29) is 17.3 Å². The van der Waals surface area contributed by atoms with Gasteiger partial charge in [-0.3, -0.25) is 0 Å². The molecule has 1 aliphatic rings. The van der Waals surface area contributed by atoms with E-state index in [1.807, 2.05) is 4.90 Å². The lowest BCUT2D eigenvalue weighted by Gasteiger charge is -2.23. The molecule has 1 aromatic rings. The molecule has 0 aliphatic carbocycles. The lowest BCUT2D eigenvalue weighted by atomic mass is 10.2. The molecular weight excluding hydrogens is 243 g/mol. The van der Waals surface area contributed by atoms with Crippen LogP contribution in [0.3, 0.4) is 0 Å². The Bertz CT molecular complexity index is 516. The van der Waals surface area contributed by atoms with Crippen molar-refractivity contribution in [3.8, 4) is 0 Å². The van der Waals surface area contributed by atoms with E-state index in [0.717, 1.165) is 0 Å². The first-order valence-corrected chi connectivity index (χ1v) is 7.30. The minimum absolute atomic E-state index is 0.100. The van der Waals surface area contributed by atoms with E-state index in [9.17, 15) is 12.8 Å². The van der Waals surface area contributed by atoms with Gasteiger partial charge in [0.15, 0.2) is 9.84 Å². The third-order valence-electron chi connectivity index (χ3n) is 2.89. The van der Waals surface area contributed by atoms with E-state index in [0.29, 0.717) is 30.9 Å². The standard InChI is InChI=1S/C11H15FN2O2S/c12-9-2-3-10(13)11(8-9)14-4-1-6-17(15,16)7-5-14/h2-3,8H,1,4-7,13H2. The predicted octanol–water partition coefficient (Wildman–Crippen LogP) is 1.03. The number of hydrogen-bond acceptors (Lipinski definition) is 4. The predicted molar refractivity (Wildman–Crippen MR) is 66.3 cm³/mol. The molecule has 1 saturated heterocycles. The zero-order chi connectivity index (χ0) is 12.5. The van der Waals surface area contributed by atoms with Gasteiger partial charge in [0, 0.05) is 13.1 Å². The summed E-state index contributed by atoms with van der Waals surface area (Å²) in [5, 5.41) is 0. The number of benzene rings is 1. The molecular formula is C11H15FN2O2S. The highest BCUT2D eigenvalue weighted by molar-refractivity contribution is 7.91. The van der Waals surface area contributed by atoms with Crippen molar-refractivity contribution in [3.63, 3.8) is 0 Å². The summed E-state index contributed by atoms with van der Waals surface area (Å²) in [6.07, 6.45) is 0.554. The van der Waals surface area contributed by atoms with Gasteiger partial charge in [0.25, 0.3) is 0 Å². The molecule has 6 heteroatoms. The third kappa shape index (κ3) is 2.88. The second kappa shape index (κ2) is 4.52. The van der Waals surface area contributed by atoms with Gasteiger partial charge in [-0.05, 0) is 24.6 Å². The molecule has 17 heavy (non-hydrogen) atoms. The third-order valence-corrected chi connectivity index (χ3v) is 4.60. The zero-order valence-electron chi connectivity index (χ0n) is 9.39. The van der Waals surface area contributed by atoms with Crippen LogP contribution in [0.1, 0.15) is 6.42 Å². The maximum absolute atomic E-state index is 13.2. The van der Waals surface area contributed by atoms with E-state index in [1.54, 1.807) is 0 Å². The number of nitrogen functional groups attached to an aromatic ring is 1. The number of nitrogens with two attached hydrogens (primary N) is 1. The van der Waals surface area contributed by atoms with Crippen LogP contribution in [0.2, 0.25) is 0 Å². The number of rotatable bonds is 1. The number of nitrogens with zero attached hydrogens (tertiary/aromatic N) is 1. The molecule has 0 atom stereocenters. The molecule has 4 nitrogen and oxygen atoms in total. The molecule has 0 bridgehead atoms. The van der Waals surface area contributed by atoms with Gasteiger partial charge in [-0.25, -0.2) is 12.8 Å². The lowest BCUT2D eigenvalue weighted by Crippen LogP contribution is -2.27. The summed E-state index contributed by atoms with van der Waals surface area (Å²) in [6.45, 7) is 0.961. The largest absolute Gasteiger partial charge is 0.397 e. The molecule has 0 radical (unpaired) electrons. The highest BCUT2D eigenvalue weighted by Crippen LogP contribution is 2.25. The second-order valence-corrected chi connectivity index (χ2v) is 6.50. The highest BCUT2D eigenvalue weighted by Gasteiger charge is 2.20. The first kappa shape index (κ1) is 12.2. The first-order chi connectivity index (χ1) is 7.98. The number of sulfone groups is 1. The quantitative estimate of drug-likeness (QED) is 0.764. The van der Waals surface area contributed by atoms with Crippen LogP contribution in [-0.2, 0) is 9.84 Å². The molecule has 1 heterocycles. The fourth-order valence-corrected chi connectivity index (χ4v) is 3.24. The summed E-state index contributed by atoms with van der Waals surface area (Å²) in [6, 6.07) is 4.16. The summed E-state index contributed by atoms with van der Waals surface area (Å²) in [4.78, 5) is 1.84.